The lowest BCUT2D eigenvalue weighted by Crippen LogP contribution is -2.00. The summed E-state index contributed by atoms with van der Waals surface area (Å²) >= 11 is 0. The molecule has 7 aromatic carbocycles. The van der Waals surface area contributed by atoms with E-state index in [0.29, 0.717) is 17.5 Å². The zero-order valence-corrected chi connectivity index (χ0v) is 28.0. The summed E-state index contributed by atoms with van der Waals surface area (Å²) in [5.74, 6) is 2.81. The van der Waals surface area contributed by atoms with Crippen LogP contribution in [0.1, 0.15) is 0 Å². The second-order valence-corrected chi connectivity index (χ2v) is 12.8. The van der Waals surface area contributed by atoms with E-state index in [0.717, 1.165) is 66.9 Å². The molecular formula is C46H30N6. The summed E-state index contributed by atoms with van der Waals surface area (Å²) in [4.78, 5) is 19.9. The van der Waals surface area contributed by atoms with Crippen LogP contribution in [-0.4, -0.2) is 28.9 Å². The van der Waals surface area contributed by atoms with Gasteiger partial charge >= 0.3 is 0 Å². The van der Waals surface area contributed by atoms with Gasteiger partial charge in [-0.3, -0.25) is 8.97 Å². The van der Waals surface area contributed by atoms with Gasteiger partial charge in [0.25, 0.3) is 0 Å². The summed E-state index contributed by atoms with van der Waals surface area (Å²) in [5, 5.41) is 0. The zero-order chi connectivity index (χ0) is 34.4. The Labute approximate surface area is 300 Å². The summed E-state index contributed by atoms with van der Waals surface area (Å²) in [6.07, 6.45) is 0. The van der Waals surface area contributed by atoms with Crippen molar-refractivity contribution in [1.82, 2.24) is 28.9 Å². The Kier molecular flexibility index (Phi) is 7.03. The molecule has 0 aliphatic carbocycles. The zero-order valence-electron chi connectivity index (χ0n) is 28.0. The topological polar surface area (TPSA) is 60.9 Å². The van der Waals surface area contributed by atoms with E-state index in [-0.39, 0.29) is 0 Å². The highest BCUT2D eigenvalue weighted by atomic mass is 15.2. The molecule has 3 aromatic heterocycles. The van der Waals surface area contributed by atoms with Crippen molar-refractivity contribution in [2.75, 3.05) is 0 Å². The molecule has 10 aromatic rings. The molecule has 0 spiro atoms. The van der Waals surface area contributed by atoms with Crippen LogP contribution in [0.2, 0.25) is 0 Å². The van der Waals surface area contributed by atoms with E-state index in [9.17, 15) is 0 Å². The third-order valence-electron chi connectivity index (χ3n) is 9.59. The number of fused-ring (bicyclic) bond motifs is 5. The van der Waals surface area contributed by atoms with Crippen LogP contribution >= 0.6 is 0 Å². The van der Waals surface area contributed by atoms with Gasteiger partial charge in [-0.1, -0.05) is 146 Å². The third-order valence-corrected chi connectivity index (χ3v) is 9.59. The van der Waals surface area contributed by atoms with Crippen LogP contribution in [0.5, 0.6) is 0 Å². The first-order chi connectivity index (χ1) is 25.8. The maximum atomic E-state index is 5.19. The maximum absolute atomic E-state index is 5.19. The molecule has 0 saturated heterocycles. The first kappa shape index (κ1) is 29.7. The van der Waals surface area contributed by atoms with Crippen molar-refractivity contribution >= 4 is 27.8 Å². The monoisotopic (exact) mass is 666 g/mol. The van der Waals surface area contributed by atoms with Crippen LogP contribution < -0.4 is 0 Å². The smallest absolute Gasteiger partial charge is 0.220 e. The molecule has 244 valence electrons. The highest BCUT2D eigenvalue weighted by molar-refractivity contribution is 5.95. The minimum absolute atomic E-state index is 0.634. The van der Waals surface area contributed by atoms with Crippen molar-refractivity contribution in [3.8, 4) is 62.1 Å². The van der Waals surface area contributed by atoms with Crippen LogP contribution in [0.25, 0.3) is 89.9 Å². The largest absolute Gasteiger partial charge is 0.278 e. The van der Waals surface area contributed by atoms with Gasteiger partial charge in [-0.05, 0) is 58.7 Å². The molecule has 0 radical (unpaired) electrons. The maximum Gasteiger partial charge on any atom is 0.220 e. The number of hydrogen-bond donors (Lipinski definition) is 0. The fourth-order valence-electron chi connectivity index (χ4n) is 7.02. The average molecular weight is 667 g/mol. The molecule has 6 nitrogen and oxygen atoms in total. The van der Waals surface area contributed by atoms with Crippen molar-refractivity contribution in [2.24, 2.45) is 0 Å². The minimum Gasteiger partial charge on any atom is -0.278 e. The molecule has 10 rings (SSSR count). The van der Waals surface area contributed by atoms with E-state index >= 15 is 0 Å². The highest BCUT2D eigenvalue weighted by Crippen LogP contribution is 2.34. The third kappa shape index (κ3) is 5.13. The SMILES string of the molecule is c1ccc(-c2ccc3c(c2)n2c4cc(-c5ccc(-c6nc(-c7ccccc7)nc(-c7ccccc7)n6)cc5)ccc4nc2n3-c2ccccc2)cc1. The second-order valence-electron chi connectivity index (χ2n) is 12.8. The van der Waals surface area contributed by atoms with Crippen molar-refractivity contribution in [3.05, 3.63) is 182 Å². The molecule has 6 heteroatoms. The average Bonchev–Trinajstić information content (AvgIpc) is 3.76. The van der Waals surface area contributed by atoms with Crippen LogP contribution in [0.15, 0.2) is 182 Å². The van der Waals surface area contributed by atoms with Gasteiger partial charge < -0.3 is 0 Å². The fourth-order valence-corrected chi connectivity index (χ4v) is 7.02. The van der Waals surface area contributed by atoms with E-state index in [1.165, 1.54) is 5.56 Å². The molecule has 0 amide bonds. The predicted molar refractivity (Wildman–Crippen MR) is 210 cm³/mol. The van der Waals surface area contributed by atoms with Gasteiger partial charge in [0.1, 0.15) is 0 Å². The molecule has 0 aliphatic rings. The lowest BCUT2D eigenvalue weighted by molar-refractivity contribution is 1.07. The van der Waals surface area contributed by atoms with E-state index in [1.807, 2.05) is 66.7 Å². The number of hydrogen-bond acceptors (Lipinski definition) is 4. The molecule has 0 atom stereocenters. The molecule has 0 fully saturated rings. The lowest BCUT2D eigenvalue weighted by atomic mass is 10.0. The number of imidazole rings is 2. The Morgan fingerprint density at radius 3 is 1.31 bits per heavy atom. The molecular weight excluding hydrogens is 637 g/mol. The number of aromatic nitrogens is 6. The normalized spacial score (nSPS) is 11.5. The quantitative estimate of drug-likeness (QED) is 0.177. The lowest BCUT2D eigenvalue weighted by Gasteiger charge is -2.09. The van der Waals surface area contributed by atoms with Crippen LogP contribution in [0.4, 0.5) is 0 Å². The first-order valence-corrected chi connectivity index (χ1v) is 17.3. The molecule has 3 heterocycles. The Morgan fingerprint density at radius 2 is 0.731 bits per heavy atom. The Bertz CT molecular complexity index is 2800. The summed E-state index contributed by atoms with van der Waals surface area (Å²) < 4.78 is 4.55. The second kappa shape index (κ2) is 12.3. The van der Waals surface area contributed by atoms with Gasteiger partial charge in [0.15, 0.2) is 17.5 Å². The molecule has 52 heavy (non-hydrogen) atoms. The number of benzene rings is 7. The summed E-state index contributed by atoms with van der Waals surface area (Å²) in [7, 11) is 0. The van der Waals surface area contributed by atoms with Crippen LogP contribution in [0, 0.1) is 0 Å². The Hall–Kier alpha value is -7.18. The van der Waals surface area contributed by atoms with Crippen molar-refractivity contribution < 1.29 is 0 Å². The van der Waals surface area contributed by atoms with Gasteiger partial charge in [-0.25, -0.2) is 19.9 Å². The molecule has 0 bridgehead atoms. The van der Waals surface area contributed by atoms with Gasteiger partial charge in [0.05, 0.1) is 22.1 Å². The molecule has 0 saturated carbocycles. The molecule has 0 aliphatic heterocycles. The minimum atomic E-state index is 0.634. The van der Waals surface area contributed by atoms with Crippen LogP contribution in [-0.2, 0) is 0 Å². The van der Waals surface area contributed by atoms with Gasteiger partial charge in [-0.15, -0.1) is 0 Å². The fraction of sp³-hybridized carbons (Fsp3) is 0. The summed E-state index contributed by atoms with van der Waals surface area (Å²) in [6, 6.07) is 62.8. The summed E-state index contributed by atoms with van der Waals surface area (Å²) in [6.45, 7) is 0. The van der Waals surface area contributed by atoms with Gasteiger partial charge in [0, 0.05) is 22.4 Å². The Morgan fingerprint density at radius 1 is 0.308 bits per heavy atom. The van der Waals surface area contributed by atoms with E-state index in [4.69, 9.17) is 19.9 Å². The predicted octanol–water partition coefficient (Wildman–Crippen LogP) is 11.0. The van der Waals surface area contributed by atoms with Crippen molar-refractivity contribution in [2.45, 2.75) is 0 Å². The number of rotatable bonds is 6. The standard InChI is InChI=1S/C46H30N6/c1-5-13-31(14-6-1)37-26-28-40-42(30-37)52-41-29-36(25-27-39(41)47-46(52)51(40)38-19-11-4-12-20-38)32-21-23-35(24-22-32)45-49-43(33-15-7-2-8-16-33)48-44(50-45)34-17-9-3-10-18-34/h1-30H. The van der Waals surface area contributed by atoms with E-state index < -0.39 is 0 Å². The van der Waals surface area contributed by atoms with E-state index in [2.05, 4.69) is 124 Å². The van der Waals surface area contributed by atoms with E-state index in [1.54, 1.807) is 0 Å². The number of para-hydroxylation sites is 1. The van der Waals surface area contributed by atoms with Gasteiger partial charge in [0.2, 0.25) is 5.78 Å². The molecule has 0 unspecified atom stereocenters. The highest BCUT2D eigenvalue weighted by Gasteiger charge is 2.19. The van der Waals surface area contributed by atoms with Crippen molar-refractivity contribution in [3.63, 3.8) is 0 Å². The van der Waals surface area contributed by atoms with Crippen LogP contribution in [0.3, 0.4) is 0 Å². The summed E-state index contributed by atoms with van der Waals surface area (Å²) in [5.41, 5.74) is 12.6. The Balaban J connectivity index is 1.09. The number of nitrogens with zero attached hydrogens (tertiary/aromatic N) is 6. The molecule has 0 N–H and O–H groups in total. The van der Waals surface area contributed by atoms with Gasteiger partial charge in [-0.2, -0.15) is 0 Å². The van der Waals surface area contributed by atoms with Crippen molar-refractivity contribution in [1.29, 1.82) is 0 Å². The first-order valence-electron chi connectivity index (χ1n) is 17.3.